The van der Waals surface area contributed by atoms with Gasteiger partial charge in [-0.1, -0.05) is 32.9 Å². The Balaban J connectivity index is 1.89. The van der Waals surface area contributed by atoms with Gasteiger partial charge in [0.25, 0.3) is 0 Å². The Hall–Kier alpha value is -2.14. The van der Waals surface area contributed by atoms with E-state index in [1.54, 1.807) is 0 Å². The molecule has 1 aromatic carbocycles. The van der Waals surface area contributed by atoms with Crippen LogP contribution in [0, 0.1) is 0 Å². The number of para-hydroxylation sites is 1. The average Bonchev–Trinajstić information content (AvgIpc) is 3.25. The van der Waals surface area contributed by atoms with Gasteiger partial charge in [0.05, 0.1) is 41.7 Å². The monoisotopic (exact) mass is 366 g/mol. The lowest BCUT2D eigenvalue weighted by Crippen LogP contribution is -2.53. The first-order valence-corrected chi connectivity index (χ1v) is 9.93. The SMILES string of the molecule is CC(C)(C)c1cccc2c1N(C(=O)CN1CCCC1)C(C)(C)c1cncn1-2. The molecule has 0 radical (unpaired) electrons. The second-order valence-electron chi connectivity index (χ2n) is 9.34. The van der Waals surface area contributed by atoms with Crippen LogP contribution in [0.2, 0.25) is 0 Å². The number of hydrogen-bond donors (Lipinski definition) is 0. The number of fused-ring (bicyclic) bond motifs is 3. The molecule has 0 atom stereocenters. The smallest absolute Gasteiger partial charge is 0.242 e. The summed E-state index contributed by atoms with van der Waals surface area (Å²) in [5.41, 5.74) is 3.81. The Morgan fingerprint density at radius 2 is 1.89 bits per heavy atom. The fourth-order valence-electron chi connectivity index (χ4n) is 4.54. The Kier molecular flexibility index (Phi) is 4.18. The highest BCUT2D eigenvalue weighted by atomic mass is 16.2. The zero-order valence-corrected chi connectivity index (χ0v) is 17.1. The third-order valence-electron chi connectivity index (χ3n) is 5.94. The van der Waals surface area contributed by atoms with Crippen molar-refractivity contribution in [2.45, 2.75) is 58.4 Å². The first kappa shape index (κ1) is 18.2. The van der Waals surface area contributed by atoms with Gasteiger partial charge >= 0.3 is 0 Å². The van der Waals surface area contributed by atoms with E-state index in [1.807, 2.05) is 17.4 Å². The van der Waals surface area contributed by atoms with Crippen LogP contribution < -0.4 is 4.90 Å². The molecule has 0 bridgehead atoms. The quantitative estimate of drug-likeness (QED) is 0.811. The van der Waals surface area contributed by atoms with Crippen molar-refractivity contribution in [3.8, 4) is 5.69 Å². The van der Waals surface area contributed by atoms with Crippen molar-refractivity contribution in [3.63, 3.8) is 0 Å². The fourth-order valence-corrected chi connectivity index (χ4v) is 4.54. The summed E-state index contributed by atoms with van der Waals surface area (Å²) in [4.78, 5) is 22.3. The molecule has 1 fully saturated rings. The molecular weight excluding hydrogens is 336 g/mol. The minimum Gasteiger partial charge on any atom is -0.299 e. The molecule has 5 heteroatoms. The van der Waals surface area contributed by atoms with E-state index in [0.29, 0.717) is 6.54 Å². The Labute approximate surface area is 162 Å². The Bertz CT molecular complexity index is 869. The minimum absolute atomic E-state index is 0.0638. The predicted molar refractivity (Wildman–Crippen MR) is 108 cm³/mol. The van der Waals surface area contributed by atoms with Crippen LogP contribution >= 0.6 is 0 Å². The fraction of sp³-hybridized carbons (Fsp3) is 0.545. The number of carbonyl (C=O) groups is 1. The van der Waals surface area contributed by atoms with E-state index < -0.39 is 5.54 Å². The van der Waals surface area contributed by atoms with Gasteiger partial charge < -0.3 is 0 Å². The van der Waals surface area contributed by atoms with Crippen molar-refractivity contribution in [3.05, 3.63) is 42.0 Å². The molecule has 0 N–H and O–H groups in total. The van der Waals surface area contributed by atoms with Crippen molar-refractivity contribution < 1.29 is 4.79 Å². The second kappa shape index (κ2) is 6.20. The lowest BCUT2D eigenvalue weighted by molar-refractivity contribution is -0.120. The third-order valence-corrected chi connectivity index (χ3v) is 5.94. The molecule has 144 valence electrons. The standard InChI is InChI=1S/C22H30N4O/c1-21(2,3)16-9-8-10-17-20(16)26(19(27)14-24-11-6-7-12-24)22(4,5)18-13-23-15-25(17)18/h8-10,13,15H,6-7,11-12,14H2,1-5H3. The predicted octanol–water partition coefficient (Wildman–Crippen LogP) is 3.85. The van der Waals surface area contributed by atoms with Crippen LogP contribution in [-0.4, -0.2) is 40.0 Å². The summed E-state index contributed by atoms with van der Waals surface area (Å²) in [5, 5.41) is 0. The Morgan fingerprint density at radius 3 is 2.56 bits per heavy atom. The molecule has 2 aliphatic heterocycles. The van der Waals surface area contributed by atoms with Gasteiger partial charge in [-0.05, 0) is 56.8 Å². The summed E-state index contributed by atoms with van der Waals surface area (Å²) in [5.74, 6) is 0.173. The summed E-state index contributed by atoms with van der Waals surface area (Å²) in [6, 6.07) is 6.35. The maximum Gasteiger partial charge on any atom is 0.242 e. The van der Waals surface area contributed by atoms with Crippen molar-refractivity contribution in [1.29, 1.82) is 0 Å². The molecule has 0 unspecified atom stereocenters. The van der Waals surface area contributed by atoms with E-state index in [1.165, 1.54) is 18.4 Å². The molecule has 4 rings (SSSR count). The van der Waals surface area contributed by atoms with Gasteiger partial charge in [0.15, 0.2) is 0 Å². The topological polar surface area (TPSA) is 41.4 Å². The molecule has 0 saturated carbocycles. The molecule has 0 aliphatic carbocycles. The average molecular weight is 367 g/mol. The molecule has 2 aromatic rings. The van der Waals surface area contributed by atoms with Crippen molar-refractivity contribution >= 4 is 11.6 Å². The molecule has 1 amide bonds. The number of imidazole rings is 1. The van der Waals surface area contributed by atoms with Crippen LogP contribution in [0.25, 0.3) is 5.69 Å². The summed E-state index contributed by atoms with van der Waals surface area (Å²) in [6.07, 6.45) is 6.13. The molecule has 27 heavy (non-hydrogen) atoms. The second-order valence-corrected chi connectivity index (χ2v) is 9.34. The largest absolute Gasteiger partial charge is 0.299 e. The lowest BCUT2D eigenvalue weighted by atomic mass is 9.82. The maximum absolute atomic E-state index is 13.6. The van der Waals surface area contributed by atoms with Crippen LogP contribution in [0.5, 0.6) is 0 Å². The number of nitrogens with zero attached hydrogens (tertiary/aromatic N) is 4. The summed E-state index contributed by atoms with van der Waals surface area (Å²) in [6.45, 7) is 13.4. The zero-order valence-electron chi connectivity index (χ0n) is 17.1. The number of likely N-dealkylation sites (tertiary alicyclic amines) is 1. The van der Waals surface area contributed by atoms with E-state index in [0.717, 1.165) is 30.2 Å². The van der Waals surface area contributed by atoms with Crippen molar-refractivity contribution in [2.24, 2.45) is 0 Å². The van der Waals surface area contributed by atoms with Gasteiger partial charge in [0.2, 0.25) is 5.91 Å². The van der Waals surface area contributed by atoms with Gasteiger partial charge in [-0.3, -0.25) is 19.2 Å². The first-order chi connectivity index (χ1) is 12.7. The summed E-state index contributed by atoms with van der Waals surface area (Å²) >= 11 is 0. The van der Waals surface area contributed by atoms with Crippen LogP contribution in [-0.2, 0) is 15.7 Å². The molecule has 5 nitrogen and oxygen atoms in total. The molecular formula is C22H30N4O. The highest BCUT2D eigenvalue weighted by Crippen LogP contribution is 2.46. The number of hydrogen-bond acceptors (Lipinski definition) is 3. The highest BCUT2D eigenvalue weighted by molar-refractivity contribution is 6.00. The normalized spacial score (nSPS) is 19.1. The number of aromatic nitrogens is 2. The number of benzene rings is 1. The van der Waals surface area contributed by atoms with Crippen LogP contribution in [0.1, 0.15) is 58.7 Å². The molecule has 1 saturated heterocycles. The lowest BCUT2D eigenvalue weighted by Gasteiger charge is -2.46. The number of anilines is 1. The number of carbonyl (C=O) groups excluding carboxylic acids is 1. The van der Waals surface area contributed by atoms with E-state index in [-0.39, 0.29) is 11.3 Å². The third kappa shape index (κ3) is 2.89. The van der Waals surface area contributed by atoms with Gasteiger partial charge in [0, 0.05) is 0 Å². The first-order valence-electron chi connectivity index (χ1n) is 9.93. The van der Waals surface area contributed by atoms with Gasteiger partial charge in [0.1, 0.15) is 0 Å². The summed E-state index contributed by atoms with van der Waals surface area (Å²) in [7, 11) is 0. The van der Waals surface area contributed by atoms with Gasteiger partial charge in [-0.2, -0.15) is 0 Å². The molecule has 2 aliphatic rings. The van der Waals surface area contributed by atoms with Crippen molar-refractivity contribution in [1.82, 2.24) is 14.5 Å². The Morgan fingerprint density at radius 1 is 1.19 bits per heavy atom. The van der Waals surface area contributed by atoms with Crippen LogP contribution in [0.15, 0.2) is 30.7 Å². The zero-order chi connectivity index (χ0) is 19.4. The van der Waals surface area contributed by atoms with E-state index >= 15 is 0 Å². The van der Waals surface area contributed by atoms with E-state index in [4.69, 9.17) is 0 Å². The number of rotatable bonds is 2. The number of amides is 1. The minimum atomic E-state index is -0.457. The van der Waals surface area contributed by atoms with Gasteiger partial charge in [-0.15, -0.1) is 0 Å². The van der Waals surface area contributed by atoms with Crippen LogP contribution in [0.4, 0.5) is 5.69 Å². The molecule has 3 heterocycles. The molecule has 0 spiro atoms. The van der Waals surface area contributed by atoms with E-state index in [2.05, 4.69) is 67.3 Å². The summed E-state index contributed by atoms with van der Waals surface area (Å²) < 4.78 is 2.14. The maximum atomic E-state index is 13.6. The van der Waals surface area contributed by atoms with Crippen LogP contribution in [0.3, 0.4) is 0 Å². The molecule has 1 aromatic heterocycles. The van der Waals surface area contributed by atoms with E-state index in [9.17, 15) is 4.79 Å². The van der Waals surface area contributed by atoms with Crippen molar-refractivity contribution in [2.75, 3.05) is 24.5 Å². The highest BCUT2D eigenvalue weighted by Gasteiger charge is 2.44. The van der Waals surface area contributed by atoms with Gasteiger partial charge in [-0.25, -0.2) is 4.98 Å².